The summed E-state index contributed by atoms with van der Waals surface area (Å²) in [4.78, 5) is 14.1. The van der Waals surface area contributed by atoms with Gasteiger partial charge in [-0.2, -0.15) is 4.52 Å². The lowest BCUT2D eigenvalue weighted by atomic mass is 10.3. The Kier molecular flexibility index (Phi) is 5.58. The minimum atomic E-state index is 0.0125. The minimum absolute atomic E-state index is 0.0125. The lowest BCUT2D eigenvalue weighted by molar-refractivity contribution is -0.121. The molecule has 1 amide bonds. The summed E-state index contributed by atoms with van der Waals surface area (Å²) in [5.74, 6) is 1.68. The predicted octanol–water partition coefficient (Wildman–Crippen LogP) is 0.810. The van der Waals surface area contributed by atoms with Gasteiger partial charge in [-0.25, -0.2) is 0 Å². The molecule has 1 aliphatic heterocycles. The first-order chi connectivity index (χ1) is 11.8. The number of rotatable bonds is 8. The summed E-state index contributed by atoms with van der Waals surface area (Å²) in [6.45, 7) is 3.36. The summed E-state index contributed by atoms with van der Waals surface area (Å²) in [6.07, 6.45) is 4.13. The molecule has 0 aliphatic carbocycles. The molecule has 8 nitrogen and oxygen atoms in total. The first-order valence-corrected chi connectivity index (χ1v) is 8.50. The maximum absolute atomic E-state index is 11.9. The van der Waals surface area contributed by atoms with E-state index in [2.05, 4.69) is 25.5 Å². The van der Waals surface area contributed by atoms with Crippen LogP contribution in [0.2, 0.25) is 0 Å². The highest BCUT2D eigenvalue weighted by molar-refractivity contribution is 5.76. The number of fused-ring (bicyclic) bond motifs is 1. The summed E-state index contributed by atoms with van der Waals surface area (Å²) in [5.41, 5.74) is 0.716. The number of aryl methyl sites for hydroxylation is 1. The average Bonchev–Trinajstić information content (AvgIpc) is 3.26. The van der Waals surface area contributed by atoms with E-state index in [1.54, 1.807) is 11.6 Å². The largest absolute Gasteiger partial charge is 0.385 e. The molecule has 0 bridgehead atoms. The molecule has 0 atom stereocenters. The van der Waals surface area contributed by atoms with E-state index in [1.807, 2.05) is 12.1 Å². The molecule has 3 rings (SSSR count). The molecular formula is C16H24N6O2. The number of nitrogens with one attached hydrogen (secondary N) is 1. The van der Waals surface area contributed by atoms with Gasteiger partial charge in [-0.15, -0.1) is 15.3 Å². The number of anilines is 1. The van der Waals surface area contributed by atoms with Crippen LogP contribution in [-0.4, -0.2) is 59.1 Å². The number of carbonyl (C=O) groups excluding carboxylic acids is 1. The fourth-order valence-electron chi connectivity index (χ4n) is 2.85. The van der Waals surface area contributed by atoms with E-state index in [9.17, 15) is 4.79 Å². The number of hydrogen-bond acceptors (Lipinski definition) is 6. The maximum Gasteiger partial charge on any atom is 0.220 e. The third-order valence-electron chi connectivity index (χ3n) is 4.17. The molecule has 2 aromatic rings. The molecule has 1 fully saturated rings. The number of hydrogen-bond donors (Lipinski definition) is 1. The van der Waals surface area contributed by atoms with Gasteiger partial charge in [-0.1, -0.05) is 0 Å². The Labute approximate surface area is 141 Å². The van der Waals surface area contributed by atoms with Crippen LogP contribution in [0.3, 0.4) is 0 Å². The molecule has 130 valence electrons. The highest BCUT2D eigenvalue weighted by Gasteiger charge is 2.16. The third kappa shape index (κ3) is 4.00. The number of nitrogens with zero attached hydrogens (tertiary/aromatic N) is 5. The fraction of sp³-hybridized carbons (Fsp3) is 0.625. The summed E-state index contributed by atoms with van der Waals surface area (Å²) in [6, 6.07) is 3.92. The summed E-state index contributed by atoms with van der Waals surface area (Å²) >= 11 is 0. The molecule has 0 spiro atoms. The van der Waals surface area contributed by atoms with Gasteiger partial charge in [-0.05, 0) is 31.4 Å². The molecule has 0 unspecified atom stereocenters. The Morgan fingerprint density at radius 2 is 2.12 bits per heavy atom. The van der Waals surface area contributed by atoms with Gasteiger partial charge in [0.25, 0.3) is 0 Å². The van der Waals surface area contributed by atoms with Crippen molar-refractivity contribution in [3.8, 4) is 0 Å². The monoisotopic (exact) mass is 332 g/mol. The Morgan fingerprint density at radius 3 is 2.92 bits per heavy atom. The summed E-state index contributed by atoms with van der Waals surface area (Å²) in [5, 5.41) is 15.8. The number of ether oxygens (including phenoxy) is 1. The predicted molar refractivity (Wildman–Crippen MR) is 90.1 cm³/mol. The molecule has 1 N–H and O–H groups in total. The Morgan fingerprint density at radius 1 is 1.29 bits per heavy atom. The SMILES string of the molecule is COCCCNC(=O)CCc1nnc2ccc(N3CCCC3)nn12. The van der Waals surface area contributed by atoms with Crippen molar-refractivity contribution >= 4 is 17.4 Å². The van der Waals surface area contributed by atoms with Crippen molar-refractivity contribution in [2.75, 3.05) is 38.3 Å². The molecular weight excluding hydrogens is 308 g/mol. The van der Waals surface area contributed by atoms with E-state index in [4.69, 9.17) is 4.74 Å². The van der Waals surface area contributed by atoms with Gasteiger partial charge in [-0.3, -0.25) is 4.79 Å². The Bertz CT molecular complexity index is 680. The number of methoxy groups -OCH3 is 1. The average molecular weight is 332 g/mol. The second-order valence-electron chi connectivity index (χ2n) is 5.97. The van der Waals surface area contributed by atoms with Crippen LogP contribution in [0.25, 0.3) is 5.65 Å². The highest BCUT2D eigenvalue weighted by Crippen LogP contribution is 2.18. The van der Waals surface area contributed by atoms with Crippen molar-refractivity contribution in [3.05, 3.63) is 18.0 Å². The molecule has 0 aromatic carbocycles. The van der Waals surface area contributed by atoms with E-state index < -0.39 is 0 Å². The van der Waals surface area contributed by atoms with Crippen molar-refractivity contribution in [2.45, 2.75) is 32.1 Å². The summed E-state index contributed by atoms with van der Waals surface area (Å²) < 4.78 is 6.71. The zero-order valence-corrected chi connectivity index (χ0v) is 14.1. The van der Waals surface area contributed by atoms with E-state index in [-0.39, 0.29) is 5.91 Å². The molecule has 24 heavy (non-hydrogen) atoms. The van der Waals surface area contributed by atoms with E-state index >= 15 is 0 Å². The molecule has 3 heterocycles. The van der Waals surface area contributed by atoms with Gasteiger partial charge in [0.2, 0.25) is 5.91 Å². The van der Waals surface area contributed by atoms with Crippen molar-refractivity contribution < 1.29 is 9.53 Å². The minimum Gasteiger partial charge on any atom is -0.385 e. The molecule has 0 saturated carbocycles. The van der Waals surface area contributed by atoms with E-state index in [0.717, 1.165) is 31.2 Å². The zero-order chi connectivity index (χ0) is 16.8. The van der Waals surface area contributed by atoms with Gasteiger partial charge in [0.05, 0.1) is 0 Å². The van der Waals surface area contributed by atoms with E-state index in [0.29, 0.717) is 31.6 Å². The Balaban J connectivity index is 1.60. The van der Waals surface area contributed by atoms with Crippen LogP contribution in [0.5, 0.6) is 0 Å². The van der Waals surface area contributed by atoms with Crippen molar-refractivity contribution in [2.24, 2.45) is 0 Å². The lowest BCUT2D eigenvalue weighted by Crippen LogP contribution is -2.25. The standard InChI is InChI=1S/C16H24N6O2/c1-24-12-4-9-17-16(23)8-7-14-19-18-13-5-6-15(20-22(13)14)21-10-2-3-11-21/h5-6H,2-4,7-12H2,1H3,(H,17,23). The first-order valence-electron chi connectivity index (χ1n) is 8.50. The molecule has 8 heteroatoms. The maximum atomic E-state index is 11.9. The van der Waals surface area contributed by atoms with Gasteiger partial charge in [0, 0.05) is 46.2 Å². The molecule has 0 radical (unpaired) electrons. The van der Waals surface area contributed by atoms with Gasteiger partial charge in [0.15, 0.2) is 11.5 Å². The van der Waals surface area contributed by atoms with Crippen molar-refractivity contribution in [1.82, 2.24) is 25.1 Å². The summed E-state index contributed by atoms with van der Waals surface area (Å²) in [7, 11) is 1.65. The van der Waals surface area contributed by atoms with Crippen molar-refractivity contribution in [3.63, 3.8) is 0 Å². The van der Waals surface area contributed by atoms with Crippen LogP contribution in [0.15, 0.2) is 12.1 Å². The van der Waals surface area contributed by atoms with Crippen LogP contribution >= 0.6 is 0 Å². The quantitative estimate of drug-likeness (QED) is 0.720. The molecule has 2 aromatic heterocycles. The number of aromatic nitrogens is 4. The molecule has 1 aliphatic rings. The van der Waals surface area contributed by atoms with Crippen LogP contribution < -0.4 is 10.2 Å². The van der Waals surface area contributed by atoms with Gasteiger partial charge < -0.3 is 15.0 Å². The van der Waals surface area contributed by atoms with E-state index in [1.165, 1.54) is 12.8 Å². The second kappa shape index (κ2) is 8.05. The topological polar surface area (TPSA) is 84.6 Å². The highest BCUT2D eigenvalue weighted by atomic mass is 16.5. The van der Waals surface area contributed by atoms with Crippen LogP contribution in [-0.2, 0) is 16.0 Å². The van der Waals surface area contributed by atoms with Crippen LogP contribution in [0.1, 0.15) is 31.5 Å². The zero-order valence-electron chi connectivity index (χ0n) is 14.1. The van der Waals surface area contributed by atoms with Gasteiger partial charge in [0.1, 0.15) is 5.82 Å². The smallest absolute Gasteiger partial charge is 0.220 e. The fourth-order valence-corrected chi connectivity index (χ4v) is 2.85. The van der Waals surface area contributed by atoms with Crippen molar-refractivity contribution in [1.29, 1.82) is 0 Å². The first kappa shape index (κ1) is 16.6. The molecule has 1 saturated heterocycles. The normalized spacial score (nSPS) is 14.5. The lowest BCUT2D eigenvalue weighted by Gasteiger charge is -2.15. The number of carbonyl (C=O) groups is 1. The Hall–Kier alpha value is -2.22. The van der Waals surface area contributed by atoms with Crippen LogP contribution in [0, 0.1) is 0 Å². The second-order valence-corrected chi connectivity index (χ2v) is 5.97. The van der Waals surface area contributed by atoms with Gasteiger partial charge >= 0.3 is 0 Å². The number of amides is 1. The van der Waals surface area contributed by atoms with Crippen LogP contribution in [0.4, 0.5) is 5.82 Å². The third-order valence-corrected chi connectivity index (χ3v) is 4.17.